The molecular weight excluding hydrogens is 453 g/mol. The van der Waals surface area contributed by atoms with Crippen LogP contribution >= 0.6 is 45.1 Å². The van der Waals surface area contributed by atoms with Gasteiger partial charge in [0.25, 0.3) is 11.8 Å². The molecule has 0 saturated carbocycles. The Balaban J connectivity index is 1.30. The van der Waals surface area contributed by atoms with Crippen molar-refractivity contribution in [2.45, 2.75) is 9.79 Å². The second kappa shape index (κ2) is 10.9. The lowest BCUT2D eigenvalue weighted by Gasteiger charge is -2.26. The van der Waals surface area contributed by atoms with Crippen molar-refractivity contribution >= 4 is 56.9 Å². The molecule has 0 unspecified atom stereocenters. The molecule has 2 aliphatic rings. The van der Waals surface area contributed by atoms with Crippen LogP contribution in [0.1, 0.15) is 20.7 Å². The van der Waals surface area contributed by atoms with Gasteiger partial charge in [-0.1, -0.05) is 21.6 Å². The minimum Gasteiger partial charge on any atom is -0.337 e. The zero-order valence-corrected chi connectivity index (χ0v) is 19.9. The van der Waals surface area contributed by atoms with E-state index in [0.717, 1.165) is 70.1 Å². The number of carbonyl (C=O) groups is 2. The number of rotatable bonds is 5. The fourth-order valence-corrected chi connectivity index (χ4v) is 7.04. The van der Waals surface area contributed by atoms with Gasteiger partial charge in [0, 0.05) is 70.1 Å². The van der Waals surface area contributed by atoms with E-state index in [1.165, 1.54) is 0 Å². The van der Waals surface area contributed by atoms with Crippen LogP contribution in [-0.2, 0) is 0 Å². The Bertz CT molecular complexity index is 788. The highest BCUT2D eigenvalue weighted by Gasteiger charge is 2.19. The SMILES string of the molecule is O=C(c1ccc(SSc2ccc(C(=O)N3CCSCC3)cc2)cc1)N1CCSCC1. The molecule has 8 heteroatoms. The van der Waals surface area contributed by atoms with Crippen molar-refractivity contribution in [2.75, 3.05) is 49.2 Å². The first-order valence-electron chi connectivity index (χ1n) is 9.99. The molecule has 0 N–H and O–H groups in total. The van der Waals surface area contributed by atoms with E-state index in [9.17, 15) is 9.59 Å². The van der Waals surface area contributed by atoms with Crippen LogP contribution in [0.2, 0.25) is 0 Å². The van der Waals surface area contributed by atoms with Gasteiger partial charge in [-0.3, -0.25) is 9.59 Å². The molecule has 2 aromatic rings. The number of thioether (sulfide) groups is 2. The van der Waals surface area contributed by atoms with Gasteiger partial charge in [0.2, 0.25) is 0 Å². The Labute approximate surface area is 194 Å². The molecule has 2 aromatic carbocycles. The standard InChI is InChI=1S/C22H24N2O2S4/c25-21(23-9-13-27-14-10-23)17-1-5-19(6-2-17)29-30-20-7-3-18(4-8-20)22(26)24-11-15-28-16-12-24/h1-8H,9-16H2. The van der Waals surface area contributed by atoms with Crippen LogP contribution in [0.4, 0.5) is 0 Å². The van der Waals surface area contributed by atoms with Crippen molar-refractivity contribution in [3.8, 4) is 0 Å². The lowest BCUT2D eigenvalue weighted by atomic mass is 10.2. The smallest absolute Gasteiger partial charge is 0.253 e. The number of nitrogens with zero attached hydrogens (tertiary/aromatic N) is 2. The molecule has 2 saturated heterocycles. The number of hydrogen-bond acceptors (Lipinski definition) is 6. The maximum absolute atomic E-state index is 12.6. The van der Waals surface area contributed by atoms with Gasteiger partial charge in [0.15, 0.2) is 0 Å². The summed E-state index contributed by atoms with van der Waals surface area (Å²) in [5.74, 6) is 4.37. The van der Waals surface area contributed by atoms with Crippen molar-refractivity contribution in [1.29, 1.82) is 0 Å². The predicted molar refractivity (Wildman–Crippen MR) is 131 cm³/mol. The fourth-order valence-electron chi connectivity index (χ4n) is 3.30. The minimum absolute atomic E-state index is 0.132. The third kappa shape index (κ3) is 5.72. The maximum Gasteiger partial charge on any atom is 0.253 e. The first-order valence-corrected chi connectivity index (χ1v) is 14.5. The first-order chi connectivity index (χ1) is 14.7. The van der Waals surface area contributed by atoms with Crippen LogP contribution in [0.5, 0.6) is 0 Å². The van der Waals surface area contributed by atoms with Crippen molar-refractivity contribution in [3.63, 3.8) is 0 Å². The average Bonchev–Trinajstić information content (AvgIpc) is 2.83. The topological polar surface area (TPSA) is 40.6 Å². The summed E-state index contributed by atoms with van der Waals surface area (Å²) in [6.07, 6.45) is 0. The van der Waals surface area contributed by atoms with Gasteiger partial charge >= 0.3 is 0 Å². The van der Waals surface area contributed by atoms with Gasteiger partial charge in [-0.25, -0.2) is 0 Å². The largest absolute Gasteiger partial charge is 0.337 e. The first kappa shape index (κ1) is 22.0. The summed E-state index contributed by atoms with van der Waals surface area (Å²) in [5.41, 5.74) is 1.52. The van der Waals surface area contributed by atoms with Gasteiger partial charge in [0.1, 0.15) is 0 Å². The summed E-state index contributed by atoms with van der Waals surface area (Å²) >= 11 is 3.81. The van der Waals surface area contributed by atoms with Gasteiger partial charge in [-0.05, 0) is 48.5 Å². The highest BCUT2D eigenvalue weighted by Crippen LogP contribution is 2.37. The van der Waals surface area contributed by atoms with E-state index in [4.69, 9.17) is 0 Å². The second-order valence-corrected chi connectivity index (χ2v) is 11.8. The van der Waals surface area contributed by atoms with Gasteiger partial charge < -0.3 is 9.80 Å². The van der Waals surface area contributed by atoms with Crippen LogP contribution in [0.3, 0.4) is 0 Å². The molecule has 158 valence electrons. The Morgan fingerprint density at radius 1 is 0.600 bits per heavy atom. The molecule has 0 spiro atoms. The summed E-state index contributed by atoms with van der Waals surface area (Å²) in [4.78, 5) is 31.2. The molecule has 30 heavy (non-hydrogen) atoms. The third-order valence-corrected chi connectivity index (χ3v) is 9.34. The highest BCUT2D eigenvalue weighted by atomic mass is 33.1. The Morgan fingerprint density at radius 2 is 0.933 bits per heavy atom. The molecule has 2 fully saturated rings. The molecule has 4 nitrogen and oxygen atoms in total. The summed E-state index contributed by atoms with van der Waals surface area (Å²) in [6, 6.07) is 15.7. The molecule has 0 bridgehead atoms. The molecule has 0 aliphatic carbocycles. The highest BCUT2D eigenvalue weighted by molar-refractivity contribution is 8.76. The number of benzene rings is 2. The zero-order chi connectivity index (χ0) is 20.8. The maximum atomic E-state index is 12.6. The second-order valence-electron chi connectivity index (χ2n) is 7.02. The Morgan fingerprint density at radius 3 is 1.27 bits per heavy atom. The van der Waals surface area contributed by atoms with Crippen LogP contribution in [0, 0.1) is 0 Å². The molecule has 0 atom stereocenters. The monoisotopic (exact) mass is 476 g/mol. The van der Waals surface area contributed by atoms with E-state index in [2.05, 4.69) is 0 Å². The normalized spacial score (nSPS) is 17.1. The lowest BCUT2D eigenvalue weighted by molar-refractivity contribution is 0.0764. The Hall–Kier alpha value is -1.22. The summed E-state index contributed by atoms with van der Waals surface area (Å²) in [6.45, 7) is 3.35. The van der Waals surface area contributed by atoms with Crippen LogP contribution < -0.4 is 0 Å². The molecule has 0 aromatic heterocycles. The molecular formula is C22H24N2O2S4. The number of carbonyl (C=O) groups excluding carboxylic acids is 2. The predicted octanol–water partition coefficient (Wildman–Crippen LogP) is 4.86. The molecule has 0 radical (unpaired) electrons. The van der Waals surface area contributed by atoms with Crippen molar-refractivity contribution in [2.24, 2.45) is 0 Å². The molecule has 2 aliphatic heterocycles. The molecule has 2 heterocycles. The van der Waals surface area contributed by atoms with E-state index in [0.29, 0.717) is 0 Å². The van der Waals surface area contributed by atoms with E-state index in [1.54, 1.807) is 21.6 Å². The van der Waals surface area contributed by atoms with Crippen LogP contribution in [0.25, 0.3) is 0 Å². The quantitative estimate of drug-likeness (QED) is 0.574. The van der Waals surface area contributed by atoms with E-state index in [1.807, 2.05) is 81.9 Å². The fraction of sp³-hybridized carbons (Fsp3) is 0.364. The number of amides is 2. The average molecular weight is 477 g/mol. The summed E-state index contributed by atoms with van der Waals surface area (Å²) in [7, 11) is 3.32. The number of hydrogen-bond donors (Lipinski definition) is 0. The van der Waals surface area contributed by atoms with Crippen LogP contribution in [0.15, 0.2) is 58.3 Å². The van der Waals surface area contributed by atoms with Gasteiger partial charge in [-0.2, -0.15) is 23.5 Å². The summed E-state index contributed by atoms with van der Waals surface area (Å²) in [5, 5.41) is 0. The van der Waals surface area contributed by atoms with Gasteiger partial charge in [0.05, 0.1) is 0 Å². The van der Waals surface area contributed by atoms with E-state index >= 15 is 0 Å². The summed E-state index contributed by atoms with van der Waals surface area (Å²) < 4.78 is 0. The van der Waals surface area contributed by atoms with Crippen molar-refractivity contribution in [1.82, 2.24) is 9.80 Å². The van der Waals surface area contributed by atoms with E-state index in [-0.39, 0.29) is 11.8 Å². The molecule has 2 amide bonds. The van der Waals surface area contributed by atoms with E-state index < -0.39 is 0 Å². The third-order valence-electron chi connectivity index (χ3n) is 5.03. The Kier molecular flexibility index (Phi) is 7.98. The van der Waals surface area contributed by atoms with Crippen LogP contribution in [-0.4, -0.2) is 70.8 Å². The van der Waals surface area contributed by atoms with Crippen molar-refractivity contribution < 1.29 is 9.59 Å². The van der Waals surface area contributed by atoms with Crippen molar-refractivity contribution in [3.05, 3.63) is 59.7 Å². The van der Waals surface area contributed by atoms with Gasteiger partial charge in [-0.15, -0.1) is 0 Å². The zero-order valence-electron chi connectivity index (χ0n) is 16.6. The molecule has 4 rings (SSSR count). The lowest BCUT2D eigenvalue weighted by Crippen LogP contribution is -2.37. The minimum atomic E-state index is 0.132.